The number of benzene rings is 2. The lowest BCUT2D eigenvalue weighted by molar-refractivity contribution is -0.384. The molecule has 0 unspecified atom stereocenters. The van der Waals surface area contributed by atoms with Gasteiger partial charge in [-0.3, -0.25) is 24.5 Å². The van der Waals surface area contributed by atoms with Crippen LogP contribution in [0.1, 0.15) is 29.4 Å². The van der Waals surface area contributed by atoms with Crippen LogP contribution in [0.5, 0.6) is 0 Å². The quantitative estimate of drug-likeness (QED) is 0.441. The first-order chi connectivity index (χ1) is 13.4. The molecular weight excluding hydrogens is 384 g/mol. The fraction of sp³-hybridized carbons (Fsp3) is 0.250. The van der Waals surface area contributed by atoms with Gasteiger partial charge >= 0.3 is 0 Å². The second-order valence-corrected chi connectivity index (χ2v) is 7.75. The Morgan fingerprint density at radius 1 is 1.00 bits per heavy atom. The fourth-order valence-corrected chi connectivity index (χ4v) is 5.18. The smallest absolute Gasteiger partial charge is 0.289 e. The van der Waals surface area contributed by atoms with Gasteiger partial charge in [-0.15, -0.1) is 0 Å². The number of nitro benzene ring substituents is 1. The average Bonchev–Trinajstić information content (AvgIpc) is 2.94. The molecule has 4 atom stereocenters. The lowest BCUT2D eigenvalue weighted by Gasteiger charge is -2.43. The number of imide groups is 1. The molecule has 2 aromatic rings. The number of halogens is 1. The third-order valence-corrected chi connectivity index (χ3v) is 6.39. The molecule has 0 aromatic heterocycles. The molecule has 28 heavy (non-hydrogen) atoms. The van der Waals surface area contributed by atoms with Crippen LogP contribution in [-0.4, -0.2) is 22.5 Å². The Balaban J connectivity index is 1.63. The van der Waals surface area contributed by atoms with Gasteiger partial charge in [0.2, 0.25) is 11.8 Å². The molecule has 8 heteroatoms. The molecule has 1 aliphatic heterocycles. The van der Waals surface area contributed by atoms with Gasteiger partial charge in [0, 0.05) is 18.4 Å². The van der Waals surface area contributed by atoms with Crippen molar-refractivity contribution in [3.05, 3.63) is 68.7 Å². The van der Waals surface area contributed by atoms with E-state index in [2.05, 4.69) is 0 Å². The van der Waals surface area contributed by atoms with Crippen molar-refractivity contribution in [2.75, 3.05) is 4.90 Å². The van der Waals surface area contributed by atoms with Gasteiger partial charge in [0.05, 0.1) is 28.4 Å². The van der Waals surface area contributed by atoms with E-state index in [0.717, 1.165) is 22.1 Å². The summed E-state index contributed by atoms with van der Waals surface area (Å²) in [5.74, 6) is -3.30. The van der Waals surface area contributed by atoms with E-state index in [9.17, 15) is 24.5 Å². The number of carbonyl (C=O) groups excluding carboxylic acids is 3. The van der Waals surface area contributed by atoms with Crippen LogP contribution in [0.4, 0.5) is 11.4 Å². The van der Waals surface area contributed by atoms with Crippen molar-refractivity contribution in [3.8, 4) is 0 Å². The number of anilines is 1. The van der Waals surface area contributed by atoms with Crippen LogP contribution in [0.15, 0.2) is 42.5 Å². The number of amides is 2. The van der Waals surface area contributed by atoms with E-state index in [1.807, 2.05) is 24.3 Å². The van der Waals surface area contributed by atoms with E-state index in [0.29, 0.717) is 0 Å². The summed E-state index contributed by atoms with van der Waals surface area (Å²) < 4.78 is 0. The highest BCUT2D eigenvalue weighted by molar-refractivity contribution is 6.33. The summed E-state index contributed by atoms with van der Waals surface area (Å²) in [5, 5.41) is 11.1. The molecule has 140 valence electrons. The summed E-state index contributed by atoms with van der Waals surface area (Å²) in [6, 6.07) is 11.3. The largest absolute Gasteiger partial charge is 0.299 e. The Morgan fingerprint density at radius 3 is 2.39 bits per heavy atom. The first-order valence-corrected chi connectivity index (χ1v) is 9.21. The van der Waals surface area contributed by atoms with E-state index in [4.69, 9.17) is 11.6 Å². The average molecular weight is 397 g/mol. The SMILES string of the molecule is O=C1C[C@H]2c3ccccc3[C@@H]1[C@H]1C(=O)N(c3ccc(Cl)c([N+](=O)[O-])c3)C(=O)[C@@H]12. The van der Waals surface area contributed by atoms with Crippen LogP contribution in [0.3, 0.4) is 0 Å². The predicted molar refractivity (Wildman–Crippen MR) is 99.1 cm³/mol. The predicted octanol–water partition coefficient (Wildman–Crippen LogP) is 3.21. The summed E-state index contributed by atoms with van der Waals surface area (Å²) in [7, 11) is 0. The molecule has 1 saturated heterocycles. The van der Waals surface area contributed by atoms with Gasteiger partial charge in [-0.2, -0.15) is 0 Å². The maximum atomic E-state index is 13.2. The normalized spacial score (nSPS) is 27.8. The van der Waals surface area contributed by atoms with Crippen LogP contribution in [-0.2, 0) is 14.4 Å². The Kier molecular flexibility index (Phi) is 3.49. The van der Waals surface area contributed by atoms with Crippen molar-refractivity contribution in [2.24, 2.45) is 11.8 Å². The van der Waals surface area contributed by atoms with Crippen LogP contribution < -0.4 is 4.90 Å². The minimum absolute atomic E-state index is 0.0324. The summed E-state index contributed by atoms with van der Waals surface area (Å²) in [4.78, 5) is 50.6. The zero-order valence-electron chi connectivity index (χ0n) is 14.4. The van der Waals surface area contributed by atoms with Crippen LogP contribution >= 0.6 is 11.6 Å². The number of nitrogens with zero attached hydrogens (tertiary/aromatic N) is 2. The number of Topliss-reactive ketones (excluding diaryl/α,β-unsaturated/α-hetero) is 1. The lowest BCUT2D eigenvalue weighted by atomic mass is 9.56. The lowest BCUT2D eigenvalue weighted by Crippen LogP contribution is -2.44. The minimum Gasteiger partial charge on any atom is -0.299 e. The van der Waals surface area contributed by atoms with Gasteiger partial charge in [0.15, 0.2) is 0 Å². The zero-order chi connectivity index (χ0) is 19.7. The number of hydrogen-bond acceptors (Lipinski definition) is 5. The Morgan fingerprint density at radius 2 is 1.68 bits per heavy atom. The number of rotatable bonds is 2. The molecule has 1 saturated carbocycles. The summed E-state index contributed by atoms with van der Waals surface area (Å²) in [6.07, 6.45) is 0.233. The topological polar surface area (TPSA) is 97.6 Å². The molecule has 4 aliphatic rings. The Bertz CT molecular complexity index is 1100. The summed E-state index contributed by atoms with van der Waals surface area (Å²) >= 11 is 5.85. The molecule has 2 bridgehead atoms. The number of carbonyl (C=O) groups is 3. The van der Waals surface area contributed by atoms with Crippen LogP contribution in [0, 0.1) is 22.0 Å². The minimum atomic E-state index is -0.761. The van der Waals surface area contributed by atoms with E-state index >= 15 is 0 Å². The van der Waals surface area contributed by atoms with Gasteiger partial charge in [0.25, 0.3) is 5.69 Å². The molecule has 3 aliphatic carbocycles. The van der Waals surface area contributed by atoms with Crippen molar-refractivity contribution < 1.29 is 19.3 Å². The monoisotopic (exact) mass is 396 g/mol. The van der Waals surface area contributed by atoms with E-state index in [-0.39, 0.29) is 34.5 Å². The molecule has 0 N–H and O–H groups in total. The van der Waals surface area contributed by atoms with Gasteiger partial charge in [-0.1, -0.05) is 35.9 Å². The Hall–Kier alpha value is -3.06. The highest BCUT2D eigenvalue weighted by Crippen LogP contribution is 2.57. The molecule has 2 fully saturated rings. The molecule has 7 nitrogen and oxygen atoms in total. The van der Waals surface area contributed by atoms with Crippen molar-refractivity contribution in [2.45, 2.75) is 18.3 Å². The van der Waals surface area contributed by atoms with Gasteiger partial charge in [-0.25, -0.2) is 4.90 Å². The maximum Gasteiger partial charge on any atom is 0.289 e. The first-order valence-electron chi connectivity index (χ1n) is 8.83. The van der Waals surface area contributed by atoms with Gasteiger partial charge < -0.3 is 0 Å². The third kappa shape index (κ3) is 2.08. The third-order valence-electron chi connectivity index (χ3n) is 6.07. The second-order valence-electron chi connectivity index (χ2n) is 7.34. The fourth-order valence-electron chi connectivity index (χ4n) is 4.99. The van der Waals surface area contributed by atoms with Crippen LogP contribution in [0.25, 0.3) is 0 Å². The molecule has 0 radical (unpaired) electrons. The number of fused-ring (bicyclic) bond motifs is 1. The number of hydrogen-bond donors (Lipinski definition) is 0. The van der Waals surface area contributed by atoms with E-state index in [1.54, 1.807) is 0 Å². The van der Waals surface area contributed by atoms with E-state index in [1.165, 1.54) is 12.1 Å². The zero-order valence-corrected chi connectivity index (χ0v) is 15.1. The van der Waals surface area contributed by atoms with Gasteiger partial charge in [-0.05, 0) is 23.3 Å². The van der Waals surface area contributed by atoms with Crippen molar-refractivity contribution >= 4 is 40.6 Å². The van der Waals surface area contributed by atoms with Crippen LogP contribution in [0.2, 0.25) is 5.02 Å². The van der Waals surface area contributed by atoms with E-state index < -0.39 is 34.5 Å². The molecule has 1 heterocycles. The highest BCUT2D eigenvalue weighted by atomic mass is 35.5. The first kappa shape index (κ1) is 17.1. The second kappa shape index (κ2) is 5.72. The highest BCUT2D eigenvalue weighted by Gasteiger charge is 2.62. The molecule has 6 rings (SSSR count). The number of nitro groups is 1. The summed E-state index contributed by atoms with van der Waals surface area (Å²) in [5.41, 5.74) is 1.49. The van der Waals surface area contributed by atoms with Crippen molar-refractivity contribution in [3.63, 3.8) is 0 Å². The Labute approximate surface area is 164 Å². The molecule has 2 amide bonds. The van der Waals surface area contributed by atoms with Crippen molar-refractivity contribution in [1.29, 1.82) is 0 Å². The molecule has 2 aromatic carbocycles. The molecule has 0 spiro atoms. The number of ketones is 1. The molecular formula is C20H13ClN2O5. The standard InChI is InChI=1S/C20H13ClN2O5/c21-13-6-5-9(7-14(13)23(27)28)22-19(25)17-12-8-15(24)16(18(17)20(22)26)11-4-2-1-3-10(11)12/h1-7,12,16-18H,8H2/t12-,16-,17+,18+/m0/s1. The van der Waals surface area contributed by atoms with Crippen molar-refractivity contribution in [1.82, 2.24) is 0 Å². The summed E-state index contributed by atoms with van der Waals surface area (Å²) in [6.45, 7) is 0. The van der Waals surface area contributed by atoms with Gasteiger partial charge in [0.1, 0.15) is 10.8 Å². The maximum absolute atomic E-state index is 13.2.